The van der Waals surface area contributed by atoms with Gasteiger partial charge in [-0.1, -0.05) is 130 Å². The number of rotatable bonds is 5. The molecular formula is C38H50O3P+. The standard InChI is InChI=1S/C38H50O3P/c1-23-20-26(35(3,4)5)21-24(2)29(23)34(40)42(41)33-28(37(9,10)11)22-27(36(6,7)8)30(31(33)38(12,13)14)32(39)25-18-16-15-17-19-25/h15-22H,1-14H3/q+1. The molecule has 3 aromatic rings. The van der Waals surface area contributed by atoms with Crippen LogP contribution in [0.25, 0.3) is 0 Å². The Bertz CT molecular complexity index is 1520. The highest BCUT2D eigenvalue weighted by atomic mass is 31.1. The van der Waals surface area contributed by atoms with Crippen molar-refractivity contribution in [2.75, 3.05) is 0 Å². The fraction of sp³-hybridized carbons (Fsp3) is 0.474. The Kier molecular flexibility index (Phi) is 9.05. The van der Waals surface area contributed by atoms with Crippen LogP contribution in [0.1, 0.15) is 143 Å². The monoisotopic (exact) mass is 585 g/mol. The number of carbonyl (C=O) groups is 2. The lowest BCUT2D eigenvalue weighted by atomic mass is 9.70. The SMILES string of the molecule is Cc1cc(C(C)(C)C)cc(C)c1C(=O)[P+](=O)c1c(C(C)(C)C)cc(C(C)(C)C)c(C(=O)c2ccccc2)c1C(C)(C)C. The zero-order chi connectivity index (χ0) is 32.2. The van der Waals surface area contributed by atoms with E-state index in [9.17, 15) is 14.2 Å². The van der Waals surface area contributed by atoms with Gasteiger partial charge in [0.1, 0.15) is 0 Å². The molecule has 0 aromatic heterocycles. The van der Waals surface area contributed by atoms with Crippen LogP contribution in [0.2, 0.25) is 0 Å². The number of carbonyl (C=O) groups excluding carboxylic acids is 2. The van der Waals surface area contributed by atoms with Gasteiger partial charge in [-0.2, -0.15) is 0 Å². The van der Waals surface area contributed by atoms with Gasteiger partial charge in [0.15, 0.2) is 5.78 Å². The van der Waals surface area contributed by atoms with Crippen molar-refractivity contribution in [3.05, 3.63) is 98.6 Å². The van der Waals surface area contributed by atoms with E-state index in [0.717, 1.165) is 27.8 Å². The molecule has 1 atom stereocenters. The highest BCUT2D eigenvalue weighted by Gasteiger charge is 2.47. The second kappa shape index (κ2) is 11.3. The van der Waals surface area contributed by atoms with Crippen molar-refractivity contribution in [3.8, 4) is 0 Å². The molecule has 42 heavy (non-hydrogen) atoms. The molecule has 4 heteroatoms. The maximum Gasteiger partial charge on any atom is 0.459 e. The summed E-state index contributed by atoms with van der Waals surface area (Å²) in [7, 11) is -2.55. The first-order valence-electron chi connectivity index (χ1n) is 14.9. The van der Waals surface area contributed by atoms with Crippen molar-refractivity contribution < 1.29 is 14.2 Å². The van der Waals surface area contributed by atoms with Crippen LogP contribution in [-0.4, -0.2) is 11.3 Å². The number of benzene rings is 3. The van der Waals surface area contributed by atoms with Crippen LogP contribution in [0, 0.1) is 13.8 Å². The minimum atomic E-state index is -2.55. The van der Waals surface area contributed by atoms with E-state index >= 15 is 0 Å². The molecule has 3 nitrogen and oxygen atoms in total. The zero-order valence-electron chi connectivity index (χ0n) is 28.3. The van der Waals surface area contributed by atoms with Crippen LogP contribution in [0.4, 0.5) is 0 Å². The van der Waals surface area contributed by atoms with Crippen LogP contribution in [0.3, 0.4) is 0 Å². The first kappa shape index (κ1) is 33.6. The van der Waals surface area contributed by atoms with Gasteiger partial charge in [0.2, 0.25) is 5.30 Å². The van der Waals surface area contributed by atoms with Gasteiger partial charge < -0.3 is 0 Å². The minimum Gasteiger partial charge on any atom is -0.289 e. The molecule has 0 amide bonds. The third kappa shape index (κ3) is 6.68. The molecule has 0 radical (unpaired) electrons. The first-order chi connectivity index (χ1) is 19.0. The summed E-state index contributed by atoms with van der Waals surface area (Å²) in [4.78, 5) is 28.8. The Morgan fingerprint density at radius 3 is 1.48 bits per heavy atom. The molecule has 0 aliphatic carbocycles. The minimum absolute atomic E-state index is 0.0758. The predicted octanol–water partition coefficient (Wildman–Crippen LogP) is 10.0. The Hall–Kier alpha value is -2.90. The van der Waals surface area contributed by atoms with Gasteiger partial charge >= 0.3 is 13.3 Å². The molecule has 0 heterocycles. The maximum atomic E-state index is 14.8. The molecule has 0 bridgehead atoms. The van der Waals surface area contributed by atoms with Gasteiger partial charge in [0, 0.05) is 22.3 Å². The zero-order valence-corrected chi connectivity index (χ0v) is 29.2. The van der Waals surface area contributed by atoms with Gasteiger partial charge in [0.25, 0.3) is 0 Å². The van der Waals surface area contributed by atoms with Crippen LogP contribution in [-0.2, 0) is 26.2 Å². The molecular weight excluding hydrogens is 535 g/mol. The van der Waals surface area contributed by atoms with E-state index in [2.05, 4.69) is 89.2 Å². The summed E-state index contributed by atoms with van der Waals surface area (Å²) in [5, 5.41) is 0.515. The van der Waals surface area contributed by atoms with E-state index in [1.54, 1.807) is 0 Å². The maximum absolute atomic E-state index is 14.8. The summed E-state index contributed by atoms with van der Waals surface area (Å²) < 4.78 is 14.8. The third-order valence-electron chi connectivity index (χ3n) is 7.93. The van der Waals surface area contributed by atoms with Gasteiger partial charge in [-0.3, -0.25) is 4.79 Å². The van der Waals surface area contributed by atoms with Crippen molar-refractivity contribution in [2.24, 2.45) is 0 Å². The largest absolute Gasteiger partial charge is 0.459 e. The van der Waals surface area contributed by atoms with Crippen molar-refractivity contribution in [2.45, 2.75) is 119 Å². The fourth-order valence-electron chi connectivity index (χ4n) is 5.68. The van der Waals surface area contributed by atoms with Crippen molar-refractivity contribution in [1.82, 2.24) is 0 Å². The second-order valence-corrected chi connectivity index (χ2v) is 17.3. The third-order valence-corrected chi connectivity index (χ3v) is 9.39. The summed E-state index contributed by atoms with van der Waals surface area (Å²) in [6.07, 6.45) is 0. The van der Waals surface area contributed by atoms with Crippen LogP contribution in [0.5, 0.6) is 0 Å². The van der Waals surface area contributed by atoms with E-state index in [0.29, 0.717) is 27.6 Å². The highest BCUT2D eigenvalue weighted by molar-refractivity contribution is 7.71. The lowest BCUT2D eigenvalue weighted by molar-refractivity contribution is 0.103. The van der Waals surface area contributed by atoms with Gasteiger partial charge in [-0.05, 0) is 63.8 Å². The molecule has 3 rings (SSSR count). The molecule has 0 fully saturated rings. The van der Waals surface area contributed by atoms with Crippen molar-refractivity contribution in [3.63, 3.8) is 0 Å². The van der Waals surface area contributed by atoms with Crippen LogP contribution in [0.15, 0.2) is 48.5 Å². The quantitative estimate of drug-likeness (QED) is 0.221. The molecule has 3 aromatic carbocycles. The van der Waals surface area contributed by atoms with E-state index in [-0.39, 0.29) is 22.1 Å². The van der Waals surface area contributed by atoms with Gasteiger partial charge in [-0.15, -0.1) is 0 Å². The predicted molar refractivity (Wildman–Crippen MR) is 179 cm³/mol. The number of hydrogen-bond acceptors (Lipinski definition) is 3. The summed E-state index contributed by atoms with van der Waals surface area (Å²) in [6, 6.07) is 15.4. The summed E-state index contributed by atoms with van der Waals surface area (Å²) in [5.41, 5.74) is 5.12. The second-order valence-electron chi connectivity index (χ2n) is 15.9. The van der Waals surface area contributed by atoms with Crippen molar-refractivity contribution in [1.29, 1.82) is 0 Å². The van der Waals surface area contributed by atoms with E-state index in [4.69, 9.17) is 0 Å². The summed E-state index contributed by atoms with van der Waals surface area (Å²) in [6.45, 7) is 29.1. The highest BCUT2D eigenvalue weighted by Crippen LogP contribution is 2.44. The molecule has 0 aliphatic rings. The Labute approximate surface area is 255 Å². The average Bonchev–Trinajstić information content (AvgIpc) is 2.84. The Morgan fingerprint density at radius 1 is 0.595 bits per heavy atom. The first-order valence-corrected chi connectivity index (χ1v) is 16.2. The Balaban J connectivity index is 2.50. The van der Waals surface area contributed by atoms with Crippen molar-refractivity contribution >= 4 is 24.4 Å². The summed E-state index contributed by atoms with van der Waals surface area (Å²) in [5.74, 6) is -0.107. The van der Waals surface area contributed by atoms with E-state index < -0.39 is 18.6 Å². The molecule has 0 saturated heterocycles. The molecule has 1 unspecified atom stereocenters. The number of ketones is 1. The molecule has 0 saturated carbocycles. The molecule has 0 N–H and O–H groups in total. The summed E-state index contributed by atoms with van der Waals surface area (Å²) >= 11 is 0. The molecule has 0 aliphatic heterocycles. The van der Waals surface area contributed by atoms with E-state index in [1.165, 1.54) is 0 Å². The lowest BCUT2D eigenvalue weighted by Gasteiger charge is -2.33. The average molecular weight is 586 g/mol. The molecule has 224 valence electrons. The van der Waals surface area contributed by atoms with Crippen LogP contribution >= 0.6 is 7.80 Å². The fourth-order valence-corrected chi connectivity index (χ4v) is 7.71. The van der Waals surface area contributed by atoms with Crippen LogP contribution < -0.4 is 5.30 Å². The van der Waals surface area contributed by atoms with E-state index in [1.807, 2.05) is 56.3 Å². The smallest absolute Gasteiger partial charge is 0.289 e. The number of hydrogen-bond donors (Lipinski definition) is 0. The molecule has 0 spiro atoms. The number of aryl methyl sites for hydroxylation is 2. The lowest BCUT2D eigenvalue weighted by Crippen LogP contribution is -2.35. The van der Waals surface area contributed by atoms with Gasteiger partial charge in [-0.25, -0.2) is 4.79 Å². The topological polar surface area (TPSA) is 51.2 Å². The Morgan fingerprint density at radius 2 is 1.07 bits per heavy atom. The van der Waals surface area contributed by atoms with Gasteiger partial charge in [0.05, 0.1) is 5.56 Å². The normalized spacial score (nSPS) is 13.2.